The summed E-state index contributed by atoms with van der Waals surface area (Å²) in [6.45, 7) is 3.27. The van der Waals surface area contributed by atoms with E-state index in [1.165, 1.54) is 12.8 Å². The van der Waals surface area contributed by atoms with Gasteiger partial charge in [0.25, 0.3) is 0 Å². The molecule has 3 rings (SSSR count). The SMILES string of the molecule is CNc1ccc2[nH]c(C3(C)CCCCN3)nc2n1. The lowest BCUT2D eigenvalue weighted by Gasteiger charge is -2.32. The number of piperidine rings is 1. The fraction of sp³-hybridized carbons (Fsp3) is 0.538. The lowest BCUT2D eigenvalue weighted by molar-refractivity contribution is 0.271. The zero-order valence-electron chi connectivity index (χ0n) is 10.9. The first-order valence-electron chi connectivity index (χ1n) is 6.51. The molecule has 2 aromatic rings. The Morgan fingerprint density at radius 3 is 2.89 bits per heavy atom. The molecule has 3 N–H and O–H groups in total. The van der Waals surface area contributed by atoms with Crippen LogP contribution >= 0.6 is 0 Å². The van der Waals surface area contributed by atoms with E-state index in [-0.39, 0.29) is 5.54 Å². The summed E-state index contributed by atoms with van der Waals surface area (Å²) in [6.07, 6.45) is 3.61. The normalized spacial score (nSPS) is 24.3. The van der Waals surface area contributed by atoms with Crippen molar-refractivity contribution in [2.75, 3.05) is 18.9 Å². The van der Waals surface area contributed by atoms with Crippen LogP contribution in [0.1, 0.15) is 32.0 Å². The Morgan fingerprint density at radius 1 is 1.28 bits per heavy atom. The fourth-order valence-electron chi connectivity index (χ4n) is 2.55. The fourth-order valence-corrected chi connectivity index (χ4v) is 2.55. The van der Waals surface area contributed by atoms with E-state index < -0.39 is 0 Å². The number of rotatable bonds is 2. The van der Waals surface area contributed by atoms with E-state index in [1.807, 2.05) is 19.2 Å². The summed E-state index contributed by atoms with van der Waals surface area (Å²) >= 11 is 0. The molecule has 1 aliphatic heterocycles. The molecule has 1 aliphatic rings. The number of hydrogen-bond acceptors (Lipinski definition) is 4. The summed E-state index contributed by atoms with van der Waals surface area (Å²) in [4.78, 5) is 12.5. The second-order valence-electron chi connectivity index (χ2n) is 5.12. The van der Waals surface area contributed by atoms with Gasteiger partial charge < -0.3 is 15.6 Å². The molecule has 0 radical (unpaired) electrons. The molecule has 2 aromatic heterocycles. The smallest absolute Gasteiger partial charge is 0.179 e. The van der Waals surface area contributed by atoms with E-state index in [1.54, 1.807) is 0 Å². The molecule has 1 atom stereocenters. The van der Waals surface area contributed by atoms with E-state index in [9.17, 15) is 0 Å². The summed E-state index contributed by atoms with van der Waals surface area (Å²) in [6, 6.07) is 3.98. The minimum atomic E-state index is -0.0429. The maximum absolute atomic E-state index is 4.65. The van der Waals surface area contributed by atoms with E-state index in [4.69, 9.17) is 0 Å². The van der Waals surface area contributed by atoms with Crippen LogP contribution in [0.2, 0.25) is 0 Å². The van der Waals surface area contributed by atoms with Gasteiger partial charge in [-0.2, -0.15) is 0 Å². The van der Waals surface area contributed by atoms with Crippen molar-refractivity contribution >= 4 is 17.0 Å². The number of nitrogens with one attached hydrogen (secondary N) is 3. The van der Waals surface area contributed by atoms with Crippen molar-refractivity contribution in [2.45, 2.75) is 31.7 Å². The van der Waals surface area contributed by atoms with Gasteiger partial charge in [-0.1, -0.05) is 0 Å². The molecule has 3 heterocycles. The largest absolute Gasteiger partial charge is 0.373 e. The first kappa shape index (κ1) is 11.5. The van der Waals surface area contributed by atoms with Crippen LogP contribution < -0.4 is 10.6 Å². The highest BCUT2D eigenvalue weighted by atomic mass is 15.1. The molecule has 0 bridgehead atoms. The predicted molar refractivity (Wildman–Crippen MR) is 72.6 cm³/mol. The number of pyridine rings is 1. The third kappa shape index (κ3) is 1.84. The topological polar surface area (TPSA) is 65.6 Å². The predicted octanol–water partition coefficient (Wildman–Crippen LogP) is 1.99. The molecule has 1 fully saturated rings. The van der Waals surface area contributed by atoms with Gasteiger partial charge in [0.15, 0.2) is 5.65 Å². The van der Waals surface area contributed by atoms with E-state index in [0.717, 1.165) is 35.8 Å². The standard InChI is InChI=1S/C13H19N5/c1-13(7-3-4-8-15-13)12-16-9-5-6-10(14-2)17-11(9)18-12/h5-6,15H,3-4,7-8H2,1-2H3,(H2,14,16,17,18). The molecular weight excluding hydrogens is 226 g/mol. The van der Waals surface area contributed by atoms with Crippen molar-refractivity contribution in [1.82, 2.24) is 20.3 Å². The summed E-state index contributed by atoms with van der Waals surface area (Å²) in [7, 11) is 1.87. The van der Waals surface area contributed by atoms with E-state index in [2.05, 4.69) is 32.5 Å². The lowest BCUT2D eigenvalue weighted by Crippen LogP contribution is -2.44. The average Bonchev–Trinajstić information content (AvgIpc) is 2.83. The van der Waals surface area contributed by atoms with E-state index >= 15 is 0 Å². The lowest BCUT2D eigenvalue weighted by atomic mass is 9.90. The number of anilines is 1. The van der Waals surface area contributed by atoms with Crippen LogP contribution in [-0.2, 0) is 5.54 Å². The number of H-pyrrole nitrogens is 1. The Balaban J connectivity index is 2.02. The molecule has 96 valence electrons. The van der Waals surface area contributed by atoms with Gasteiger partial charge in [-0.25, -0.2) is 9.97 Å². The van der Waals surface area contributed by atoms with E-state index in [0.29, 0.717) is 0 Å². The van der Waals surface area contributed by atoms with Crippen molar-refractivity contribution in [3.05, 3.63) is 18.0 Å². The minimum absolute atomic E-state index is 0.0429. The van der Waals surface area contributed by atoms with Gasteiger partial charge in [-0.15, -0.1) is 0 Å². The third-order valence-corrected chi connectivity index (χ3v) is 3.74. The highest BCUT2D eigenvalue weighted by molar-refractivity contribution is 5.73. The van der Waals surface area contributed by atoms with Gasteiger partial charge in [0.1, 0.15) is 11.6 Å². The summed E-state index contributed by atoms with van der Waals surface area (Å²) in [5, 5.41) is 6.60. The third-order valence-electron chi connectivity index (χ3n) is 3.74. The zero-order valence-corrected chi connectivity index (χ0v) is 10.9. The minimum Gasteiger partial charge on any atom is -0.373 e. The van der Waals surface area contributed by atoms with Gasteiger partial charge in [-0.3, -0.25) is 0 Å². The van der Waals surface area contributed by atoms with Crippen molar-refractivity contribution < 1.29 is 0 Å². The Hall–Kier alpha value is -1.62. The molecule has 0 amide bonds. The van der Waals surface area contributed by atoms with Crippen molar-refractivity contribution in [3.63, 3.8) is 0 Å². The monoisotopic (exact) mass is 245 g/mol. The van der Waals surface area contributed by atoms with Crippen LogP contribution in [0, 0.1) is 0 Å². The molecule has 1 unspecified atom stereocenters. The Bertz CT molecular complexity index is 554. The number of aromatic amines is 1. The molecule has 5 heteroatoms. The average molecular weight is 245 g/mol. The number of hydrogen-bond donors (Lipinski definition) is 3. The number of imidazole rings is 1. The van der Waals surface area contributed by atoms with Crippen LogP contribution in [0.25, 0.3) is 11.2 Å². The summed E-state index contributed by atoms with van der Waals surface area (Å²) in [5.41, 5.74) is 1.74. The van der Waals surface area contributed by atoms with Gasteiger partial charge in [0.2, 0.25) is 0 Å². The maximum Gasteiger partial charge on any atom is 0.179 e. The summed E-state index contributed by atoms with van der Waals surface area (Å²) in [5.74, 6) is 1.85. The molecule has 0 aliphatic carbocycles. The summed E-state index contributed by atoms with van der Waals surface area (Å²) < 4.78 is 0. The van der Waals surface area contributed by atoms with Crippen LogP contribution in [0.5, 0.6) is 0 Å². The Kier molecular flexibility index (Phi) is 2.70. The molecule has 1 saturated heterocycles. The van der Waals surface area contributed by atoms with Crippen LogP contribution in [0.3, 0.4) is 0 Å². The highest BCUT2D eigenvalue weighted by Crippen LogP contribution is 2.29. The molecule has 0 aromatic carbocycles. The first-order valence-corrected chi connectivity index (χ1v) is 6.51. The van der Waals surface area contributed by atoms with Crippen molar-refractivity contribution in [2.24, 2.45) is 0 Å². The molecular formula is C13H19N5. The Labute approximate surface area is 106 Å². The van der Waals surface area contributed by atoms with Crippen LogP contribution in [0.15, 0.2) is 12.1 Å². The Morgan fingerprint density at radius 2 is 2.17 bits per heavy atom. The quantitative estimate of drug-likeness (QED) is 0.757. The van der Waals surface area contributed by atoms with Crippen molar-refractivity contribution in [3.8, 4) is 0 Å². The first-order chi connectivity index (χ1) is 8.71. The maximum atomic E-state index is 4.65. The second kappa shape index (κ2) is 4.24. The van der Waals surface area contributed by atoms with Crippen molar-refractivity contribution in [1.29, 1.82) is 0 Å². The van der Waals surface area contributed by atoms with Gasteiger partial charge >= 0.3 is 0 Å². The number of aromatic nitrogens is 3. The molecule has 0 saturated carbocycles. The molecule has 5 nitrogen and oxygen atoms in total. The highest BCUT2D eigenvalue weighted by Gasteiger charge is 2.31. The van der Waals surface area contributed by atoms with Gasteiger partial charge in [0, 0.05) is 7.05 Å². The molecule has 0 spiro atoms. The molecule has 18 heavy (non-hydrogen) atoms. The second-order valence-corrected chi connectivity index (χ2v) is 5.12. The van der Waals surface area contributed by atoms with Crippen LogP contribution in [-0.4, -0.2) is 28.5 Å². The number of nitrogens with zero attached hydrogens (tertiary/aromatic N) is 2. The number of fused-ring (bicyclic) bond motifs is 1. The van der Waals surface area contributed by atoms with Crippen LogP contribution in [0.4, 0.5) is 5.82 Å². The zero-order chi connectivity index (χ0) is 12.6. The van der Waals surface area contributed by atoms with Gasteiger partial charge in [0.05, 0.1) is 11.1 Å². The van der Waals surface area contributed by atoms with Gasteiger partial charge in [-0.05, 0) is 44.9 Å².